The lowest BCUT2D eigenvalue weighted by molar-refractivity contribution is -0.140. The van der Waals surface area contributed by atoms with Crippen LogP contribution in [0.3, 0.4) is 0 Å². The summed E-state index contributed by atoms with van der Waals surface area (Å²) in [5.41, 5.74) is 4.56. The van der Waals surface area contributed by atoms with Gasteiger partial charge >= 0.3 is 0 Å². The van der Waals surface area contributed by atoms with Crippen LogP contribution in [0, 0.1) is 16.6 Å². The molecule has 1 aliphatic heterocycles. The third-order valence-electron chi connectivity index (χ3n) is 6.33. The van der Waals surface area contributed by atoms with Gasteiger partial charge in [0.2, 0.25) is 5.91 Å². The van der Waals surface area contributed by atoms with Gasteiger partial charge in [-0.05, 0) is 51.3 Å². The number of hydrogen-bond acceptors (Lipinski definition) is 4. The summed E-state index contributed by atoms with van der Waals surface area (Å²) in [5, 5.41) is 0. The summed E-state index contributed by atoms with van der Waals surface area (Å²) >= 11 is 0. The van der Waals surface area contributed by atoms with Crippen LogP contribution in [0.25, 0.3) is 0 Å². The van der Waals surface area contributed by atoms with E-state index in [4.69, 9.17) is 5.73 Å². The number of carbonyl (C=O) groups is 2. The van der Waals surface area contributed by atoms with Gasteiger partial charge in [-0.15, -0.1) is 0 Å². The van der Waals surface area contributed by atoms with E-state index in [-0.39, 0.29) is 35.0 Å². The molecule has 0 bridgehead atoms. The van der Waals surface area contributed by atoms with Crippen molar-refractivity contribution in [1.29, 1.82) is 0 Å². The molecule has 1 amide bonds. The van der Waals surface area contributed by atoms with Crippen LogP contribution in [-0.2, 0) is 21.5 Å². The number of guanidine groups is 1. The van der Waals surface area contributed by atoms with E-state index in [1.54, 1.807) is 40.0 Å². The molecule has 1 aromatic rings. The third-order valence-corrected chi connectivity index (χ3v) is 6.33. The fraction of sp³-hybridized carbons (Fsp3) is 0.550. The molecular weight excluding hydrogens is 333 g/mol. The van der Waals surface area contributed by atoms with Crippen molar-refractivity contribution in [3.8, 4) is 0 Å². The molecule has 2 N–H and O–H groups in total. The molecule has 6 heteroatoms. The van der Waals surface area contributed by atoms with Crippen molar-refractivity contribution < 1.29 is 14.0 Å². The van der Waals surface area contributed by atoms with E-state index < -0.39 is 16.8 Å². The highest BCUT2D eigenvalue weighted by molar-refractivity contribution is 6.01. The fourth-order valence-electron chi connectivity index (χ4n) is 3.49. The van der Waals surface area contributed by atoms with Crippen LogP contribution in [0.4, 0.5) is 4.39 Å². The lowest BCUT2D eigenvalue weighted by Gasteiger charge is -2.46. The van der Waals surface area contributed by atoms with Gasteiger partial charge < -0.3 is 5.73 Å². The maximum atomic E-state index is 14.8. The number of carbonyl (C=O) groups excluding carboxylic acids is 2. The van der Waals surface area contributed by atoms with Crippen molar-refractivity contribution in [2.24, 2.45) is 21.6 Å². The molecule has 1 aromatic carbocycles. The van der Waals surface area contributed by atoms with Gasteiger partial charge in [-0.25, -0.2) is 9.38 Å². The molecule has 2 aliphatic rings. The topological polar surface area (TPSA) is 75.8 Å². The van der Waals surface area contributed by atoms with Gasteiger partial charge in [0.15, 0.2) is 5.96 Å². The summed E-state index contributed by atoms with van der Waals surface area (Å²) in [7, 11) is 1.56. The van der Waals surface area contributed by atoms with E-state index in [1.807, 2.05) is 6.92 Å². The summed E-state index contributed by atoms with van der Waals surface area (Å²) in [6, 6.07) is 4.64. The first-order valence-corrected chi connectivity index (χ1v) is 8.88. The second-order valence-corrected chi connectivity index (χ2v) is 8.51. The molecular formula is C20H26FN3O2. The average molecular weight is 359 g/mol. The van der Waals surface area contributed by atoms with Crippen LogP contribution in [0.5, 0.6) is 0 Å². The number of Topliss-reactive ketones (excluding diaryl/α,β-unsaturated/α-hetero) is 1. The van der Waals surface area contributed by atoms with Crippen molar-refractivity contribution in [3.63, 3.8) is 0 Å². The molecule has 1 fully saturated rings. The second kappa shape index (κ2) is 5.63. The van der Waals surface area contributed by atoms with Crippen molar-refractivity contribution in [2.75, 3.05) is 7.05 Å². The van der Waals surface area contributed by atoms with Gasteiger partial charge in [-0.3, -0.25) is 14.5 Å². The molecule has 0 unspecified atom stereocenters. The standard InChI is InChI=1S/C20H26FN3O2/c1-18(2)16(26)24(5)17(22)23-20(18,4)13-10-12(6-7-14(13)21)11-15(25)19(3)8-9-19/h6-7,10H,8-9,11H2,1-5H3,(H2,22,23)/t20-/m1/s1. The zero-order valence-electron chi connectivity index (χ0n) is 16.0. The predicted molar refractivity (Wildman–Crippen MR) is 98.0 cm³/mol. The first-order chi connectivity index (χ1) is 11.9. The van der Waals surface area contributed by atoms with Crippen LogP contribution in [0.1, 0.15) is 51.7 Å². The van der Waals surface area contributed by atoms with E-state index in [0.717, 1.165) is 18.4 Å². The first kappa shape index (κ1) is 18.5. The van der Waals surface area contributed by atoms with E-state index in [1.165, 1.54) is 11.0 Å². The molecule has 1 heterocycles. The van der Waals surface area contributed by atoms with Crippen molar-refractivity contribution in [3.05, 3.63) is 35.1 Å². The Kier molecular flexibility index (Phi) is 4.01. The smallest absolute Gasteiger partial charge is 0.237 e. The van der Waals surface area contributed by atoms with Gasteiger partial charge in [-0.2, -0.15) is 0 Å². The molecule has 5 nitrogen and oxygen atoms in total. The molecule has 26 heavy (non-hydrogen) atoms. The molecule has 1 atom stereocenters. The Morgan fingerprint density at radius 2 is 1.88 bits per heavy atom. The van der Waals surface area contributed by atoms with Gasteiger partial charge in [0.05, 0.1) is 5.41 Å². The number of nitrogens with zero attached hydrogens (tertiary/aromatic N) is 2. The van der Waals surface area contributed by atoms with Crippen LogP contribution in [-0.4, -0.2) is 29.6 Å². The number of hydrogen-bond donors (Lipinski definition) is 1. The largest absolute Gasteiger partial charge is 0.369 e. The Balaban J connectivity index is 2.06. The van der Waals surface area contributed by atoms with Gasteiger partial charge in [-0.1, -0.05) is 13.0 Å². The Bertz CT molecular complexity index is 826. The summed E-state index contributed by atoms with van der Waals surface area (Å²) in [6.45, 7) is 7.16. The Hall–Kier alpha value is -2.24. The van der Waals surface area contributed by atoms with E-state index in [2.05, 4.69) is 4.99 Å². The number of nitrogens with two attached hydrogens (primary N) is 1. The quantitative estimate of drug-likeness (QED) is 0.898. The monoisotopic (exact) mass is 359 g/mol. The number of benzene rings is 1. The zero-order chi connectivity index (χ0) is 19.5. The highest BCUT2D eigenvalue weighted by Crippen LogP contribution is 2.48. The molecule has 140 valence electrons. The van der Waals surface area contributed by atoms with E-state index in [0.29, 0.717) is 0 Å². The maximum absolute atomic E-state index is 14.8. The lowest BCUT2D eigenvalue weighted by Crippen LogP contribution is -2.58. The fourth-order valence-corrected chi connectivity index (χ4v) is 3.49. The minimum atomic E-state index is -1.16. The number of amides is 1. The Labute approximate surface area is 153 Å². The second-order valence-electron chi connectivity index (χ2n) is 8.51. The average Bonchev–Trinajstić information content (AvgIpc) is 3.32. The van der Waals surface area contributed by atoms with Crippen molar-refractivity contribution in [1.82, 2.24) is 4.90 Å². The Morgan fingerprint density at radius 3 is 2.46 bits per heavy atom. The highest BCUT2D eigenvalue weighted by atomic mass is 19.1. The SMILES string of the molecule is CN1C(=O)C(C)(C)[C@@](C)(c2cc(CC(=O)C3(C)CC3)ccc2F)N=C1N. The summed E-state index contributed by atoms with van der Waals surface area (Å²) < 4.78 is 14.8. The van der Waals surface area contributed by atoms with Crippen LogP contribution < -0.4 is 5.73 Å². The third kappa shape index (κ3) is 2.63. The van der Waals surface area contributed by atoms with E-state index in [9.17, 15) is 14.0 Å². The van der Waals surface area contributed by atoms with Crippen LogP contribution in [0.15, 0.2) is 23.2 Å². The summed E-state index contributed by atoms with van der Waals surface area (Å²) in [4.78, 5) is 30.9. The molecule has 3 rings (SSSR count). The molecule has 0 aromatic heterocycles. The Morgan fingerprint density at radius 1 is 1.27 bits per heavy atom. The summed E-state index contributed by atoms with van der Waals surface area (Å²) in [6.07, 6.45) is 2.08. The minimum absolute atomic E-state index is 0.0585. The van der Waals surface area contributed by atoms with Gasteiger partial charge in [0, 0.05) is 24.4 Å². The molecule has 0 radical (unpaired) electrons. The van der Waals surface area contributed by atoms with E-state index >= 15 is 0 Å². The van der Waals surface area contributed by atoms with Crippen molar-refractivity contribution >= 4 is 17.6 Å². The normalized spacial score (nSPS) is 26.5. The summed E-state index contributed by atoms with van der Waals surface area (Å²) in [5.74, 6) is -0.452. The molecule has 0 saturated heterocycles. The van der Waals surface area contributed by atoms with Gasteiger partial charge in [0.25, 0.3) is 0 Å². The number of rotatable bonds is 4. The number of ketones is 1. The number of aliphatic imine (C=N–C) groups is 1. The predicted octanol–water partition coefficient (Wildman–Crippen LogP) is 2.77. The maximum Gasteiger partial charge on any atom is 0.237 e. The highest BCUT2D eigenvalue weighted by Gasteiger charge is 2.54. The number of halogens is 1. The first-order valence-electron chi connectivity index (χ1n) is 8.88. The molecule has 1 saturated carbocycles. The molecule has 0 spiro atoms. The minimum Gasteiger partial charge on any atom is -0.369 e. The van der Waals surface area contributed by atoms with Crippen molar-refractivity contribution in [2.45, 2.75) is 52.5 Å². The van der Waals surface area contributed by atoms with Crippen LogP contribution >= 0.6 is 0 Å². The van der Waals surface area contributed by atoms with Gasteiger partial charge in [0.1, 0.15) is 17.1 Å². The molecule has 1 aliphatic carbocycles. The van der Waals surface area contributed by atoms with Crippen LogP contribution in [0.2, 0.25) is 0 Å². The lowest BCUT2D eigenvalue weighted by atomic mass is 9.67. The zero-order valence-corrected chi connectivity index (χ0v) is 16.0.